The summed E-state index contributed by atoms with van der Waals surface area (Å²) in [6.07, 6.45) is 0.0949. The Balaban J connectivity index is 1.88. The van der Waals surface area contributed by atoms with E-state index in [1.165, 1.54) is 5.56 Å². The second-order valence-electron chi connectivity index (χ2n) is 5.41. The molecule has 1 fully saturated rings. The number of aryl methyl sites for hydroxylation is 1. The number of ether oxygens (including phenoxy) is 1. The Bertz CT molecular complexity index is 607. The largest absolute Gasteiger partial charge is 0.375 e. The number of anilines is 1. The highest BCUT2D eigenvalue weighted by Gasteiger charge is 2.34. The van der Waals surface area contributed by atoms with E-state index >= 15 is 0 Å². The van der Waals surface area contributed by atoms with Gasteiger partial charge in [-0.05, 0) is 24.6 Å². The maximum atomic E-state index is 12.1. The zero-order valence-corrected chi connectivity index (χ0v) is 12.1. The summed E-state index contributed by atoms with van der Waals surface area (Å²) in [6.45, 7) is 2.57. The van der Waals surface area contributed by atoms with Gasteiger partial charge in [-0.1, -0.05) is 48.0 Å². The van der Waals surface area contributed by atoms with E-state index in [-0.39, 0.29) is 11.8 Å². The summed E-state index contributed by atoms with van der Waals surface area (Å²) >= 11 is 0. The summed E-state index contributed by atoms with van der Waals surface area (Å²) in [5, 5.41) is 3.45. The molecular formula is C18H19NO2. The molecule has 3 heteroatoms. The molecule has 21 heavy (non-hydrogen) atoms. The van der Waals surface area contributed by atoms with E-state index in [4.69, 9.17) is 4.74 Å². The number of nitrogens with one attached hydrogen (secondary N) is 1. The Hall–Kier alpha value is -2.13. The highest BCUT2D eigenvalue weighted by atomic mass is 16.5. The second kappa shape index (κ2) is 6.10. The van der Waals surface area contributed by atoms with Crippen molar-refractivity contribution in [2.24, 2.45) is 0 Å². The Morgan fingerprint density at radius 1 is 1.10 bits per heavy atom. The molecule has 1 aliphatic heterocycles. The molecule has 0 aliphatic carbocycles. The molecule has 2 aromatic carbocycles. The highest BCUT2D eigenvalue weighted by Crippen LogP contribution is 2.28. The summed E-state index contributed by atoms with van der Waals surface area (Å²) in [6, 6.07) is 18.0. The lowest BCUT2D eigenvalue weighted by molar-refractivity contribution is -0.122. The fourth-order valence-corrected chi connectivity index (χ4v) is 2.63. The number of carbonyl (C=O) groups excluding carboxylic acids is 1. The highest BCUT2D eigenvalue weighted by molar-refractivity contribution is 5.86. The van der Waals surface area contributed by atoms with Gasteiger partial charge in [0.25, 0.3) is 0 Å². The van der Waals surface area contributed by atoms with Gasteiger partial charge in [-0.25, -0.2) is 0 Å². The van der Waals surface area contributed by atoms with E-state index in [9.17, 15) is 4.79 Å². The number of benzene rings is 2. The van der Waals surface area contributed by atoms with Gasteiger partial charge in [0.15, 0.2) is 5.78 Å². The monoisotopic (exact) mass is 281 g/mol. The number of carbonyl (C=O) groups is 1. The average Bonchev–Trinajstić information content (AvgIpc) is 2.93. The van der Waals surface area contributed by atoms with Crippen molar-refractivity contribution in [2.45, 2.75) is 25.5 Å². The third kappa shape index (κ3) is 3.14. The van der Waals surface area contributed by atoms with Crippen molar-refractivity contribution in [3.05, 3.63) is 65.7 Å². The molecule has 2 aromatic rings. The SMILES string of the molecule is Cc1ccc(N[C@@H](c2ccccc2)[C@H]2OCCC2=O)cc1. The molecule has 0 amide bonds. The van der Waals surface area contributed by atoms with Crippen LogP contribution in [-0.4, -0.2) is 18.5 Å². The van der Waals surface area contributed by atoms with E-state index in [0.29, 0.717) is 13.0 Å². The summed E-state index contributed by atoms with van der Waals surface area (Å²) < 4.78 is 5.67. The van der Waals surface area contributed by atoms with Gasteiger partial charge in [0.05, 0.1) is 12.6 Å². The molecule has 0 aromatic heterocycles. The van der Waals surface area contributed by atoms with Gasteiger partial charge in [-0.2, -0.15) is 0 Å². The van der Waals surface area contributed by atoms with Crippen LogP contribution >= 0.6 is 0 Å². The average molecular weight is 281 g/mol. The van der Waals surface area contributed by atoms with E-state index in [2.05, 4.69) is 24.4 Å². The lowest BCUT2D eigenvalue weighted by Crippen LogP contribution is -2.30. The predicted octanol–water partition coefficient (Wildman–Crippen LogP) is 3.51. The number of hydrogen-bond acceptors (Lipinski definition) is 3. The molecular weight excluding hydrogens is 262 g/mol. The van der Waals surface area contributed by atoms with Gasteiger partial charge in [-0.15, -0.1) is 0 Å². The lowest BCUT2D eigenvalue weighted by atomic mass is 9.98. The Morgan fingerprint density at radius 3 is 2.43 bits per heavy atom. The third-order valence-electron chi connectivity index (χ3n) is 3.80. The van der Waals surface area contributed by atoms with Crippen LogP contribution in [0.4, 0.5) is 5.69 Å². The summed E-state index contributed by atoms with van der Waals surface area (Å²) in [5.41, 5.74) is 3.28. The minimum Gasteiger partial charge on any atom is -0.375 e. The van der Waals surface area contributed by atoms with E-state index in [1.807, 2.05) is 42.5 Å². The van der Waals surface area contributed by atoms with Crippen molar-refractivity contribution in [1.82, 2.24) is 0 Å². The smallest absolute Gasteiger partial charge is 0.166 e. The van der Waals surface area contributed by atoms with Crippen LogP contribution in [-0.2, 0) is 9.53 Å². The van der Waals surface area contributed by atoms with E-state index < -0.39 is 6.10 Å². The zero-order valence-electron chi connectivity index (χ0n) is 12.1. The molecule has 0 radical (unpaired) electrons. The minimum absolute atomic E-state index is 0.149. The first-order valence-corrected chi connectivity index (χ1v) is 7.26. The van der Waals surface area contributed by atoms with Crippen LogP contribution in [0.15, 0.2) is 54.6 Å². The fraction of sp³-hybridized carbons (Fsp3) is 0.278. The summed E-state index contributed by atoms with van der Waals surface area (Å²) in [5.74, 6) is 0.170. The van der Waals surface area contributed by atoms with Gasteiger partial charge in [0.2, 0.25) is 0 Å². The third-order valence-corrected chi connectivity index (χ3v) is 3.80. The Morgan fingerprint density at radius 2 is 1.81 bits per heavy atom. The zero-order chi connectivity index (χ0) is 14.7. The standard InChI is InChI=1S/C18H19NO2/c1-13-7-9-15(10-8-13)19-17(14-5-3-2-4-6-14)18-16(20)11-12-21-18/h2-10,17-19H,11-12H2,1H3/t17-,18-/m0/s1. The number of rotatable bonds is 4. The normalized spacial score (nSPS) is 19.5. The molecule has 108 valence electrons. The van der Waals surface area contributed by atoms with Crippen LogP contribution in [0.1, 0.15) is 23.6 Å². The second-order valence-corrected chi connectivity index (χ2v) is 5.41. The molecule has 1 saturated heterocycles. The first-order valence-electron chi connectivity index (χ1n) is 7.26. The molecule has 3 nitrogen and oxygen atoms in total. The van der Waals surface area contributed by atoms with Gasteiger partial charge >= 0.3 is 0 Å². The molecule has 1 aliphatic rings. The van der Waals surface area contributed by atoms with Crippen molar-refractivity contribution in [3.63, 3.8) is 0 Å². The topological polar surface area (TPSA) is 38.3 Å². The Kier molecular flexibility index (Phi) is 4.02. The van der Waals surface area contributed by atoms with Crippen LogP contribution in [0, 0.1) is 6.92 Å². The van der Waals surface area contributed by atoms with Crippen molar-refractivity contribution >= 4 is 11.5 Å². The molecule has 1 N–H and O–H groups in total. The molecule has 0 spiro atoms. The predicted molar refractivity (Wildman–Crippen MR) is 83.3 cm³/mol. The van der Waals surface area contributed by atoms with Crippen LogP contribution in [0.2, 0.25) is 0 Å². The van der Waals surface area contributed by atoms with E-state index in [1.54, 1.807) is 0 Å². The maximum Gasteiger partial charge on any atom is 0.166 e. The van der Waals surface area contributed by atoms with Crippen molar-refractivity contribution in [2.75, 3.05) is 11.9 Å². The van der Waals surface area contributed by atoms with Crippen LogP contribution in [0.25, 0.3) is 0 Å². The van der Waals surface area contributed by atoms with Gasteiger partial charge < -0.3 is 10.1 Å². The molecule has 2 atom stereocenters. The van der Waals surface area contributed by atoms with Gasteiger partial charge in [0.1, 0.15) is 6.10 Å². The molecule has 0 saturated carbocycles. The summed E-state index contributed by atoms with van der Waals surface area (Å²) in [7, 11) is 0. The molecule has 0 bridgehead atoms. The van der Waals surface area contributed by atoms with Crippen molar-refractivity contribution < 1.29 is 9.53 Å². The number of hydrogen-bond donors (Lipinski definition) is 1. The number of Topliss-reactive ketones (excluding diaryl/α,β-unsaturated/α-hetero) is 1. The number of ketones is 1. The van der Waals surface area contributed by atoms with Gasteiger partial charge in [0, 0.05) is 12.1 Å². The molecule has 3 rings (SSSR count). The fourth-order valence-electron chi connectivity index (χ4n) is 2.63. The van der Waals surface area contributed by atoms with E-state index in [0.717, 1.165) is 11.3 Å². The van der Waals surface area contributed by atoms with Crippen LogP contribution in [0.3, 0.4) is 0 Å². The minimum atomic E-state index is -0.409. The summed E-state index contributed by atoms with van der Waals surface area (Å²) in [4.78, 5) is 12.1. The van der Waals surface area contributed by atoms with Crippen molar-refractivity contribution in [3.8, 4) is 0 Å². The Labute approximate surface area is 124 Å². The first kappa shape index (κ1) is 13.8. The van der Waals surface area contributed by atoms with Gasteiger partial charge in [-0.3, -0.25) is 4.79 Å². The quantitative estimate of drug-likeness (QED) is 0.932. The van der Waals surface area contributed by atoms with Crippen LogP contribution < -0.4 is 5.32 Å². The maximum absolute atomic E-state index is 12.1. The first-order chi connectivity index (χ1) is 10.2. The lowest BCUT2D eigenvalue weighted by Gasteiger charge is -2.25. The molecule has 1 heterocycles. The van der Waals surface area contributed by atoms with Crippen LogP contribution in [0.5, 0.6) is 0 Å². The van der Waals surface area contributed by atoms with Crippen molar-refractivity contribution in [1.29, 1.82) is 0 Å². The molecule has 0 unspecified atom stereocenters.